The molecule has 104 valence electrons. The molecule has 0 radical (unpaired) electrons. The second-order valence-electron chi connectivity index (χ2n) is 5.29. The van der Waals surface area contributed by atoms with Gasteiger partial charge in [-0.15, -0.1) is 0 Å². The molecule has 1 saturated heterocycles. The molecule has 1 aliphatic heterocycles. The highest BCUT2D eigenvalue weighted by Gasteiger charge is 2.29. The summed E-state index contributed by atoms with van der Waals surface area (Å²) in [6.45, 7) is 0.911. The van der Waals surface area contributed by atoms with Gasteiger partial charge in [-0.2, -0.15) is 11.3 Å². The van der Waals surface area contributed by atoms with Gasteiger partial charge in [0.25, 0.3) is 0 Å². The lowest BCUT2D eigenvalue weighted by atomic mass is 10.1. The van der Waals surface area contributed by atoms with Crippen LogP contribution in [0.5, 0.6) is 0 Å². The highest BCUT2D eigenvalue weighted by molar-refractivity contribution is 7.07. The minimum absolute atomic E-state index is 0.294. The lowest BCUT2D eigenvalue weighted by molar-refractivity contribution is -0.132. The van der Waals surface area contributed by atoms with E-state index in [4.69, 9.17) is 0 Å². The molecular weight excluding hydrogens is 266 g/mol. The number of benzene rings is 1. The number of carbonyl (C=O) groups excluding carboxylic acids is 1. The molecule has 0 unspecified atom stereocenters. The summed E-state index contributed by atoms with van der Waals surface area (Å²) in [4.78, 5) is 14.5. The van der Waals surface area contributed by atoms with Crippen LogP contribution in [-0.2, 0) is 11.2 Å². The lowest BCUT2D eigenvalue weighted by Crippen LogP contribution is -2.30. The Labute approximate surface area is 124 Å². The quantitative estimate of drug-likeness (QED) is 0.830. The van der Waals surface area contributed by atoms with Gasteiger partial charge in [-0.25, -0.2) is 0 Å². The van der Waals surface area contributed by atoms with Gasteiger partial charge in [-0.1, -0.05) is 30.3 Å². The molecule has 0 N–H and O–H groups in total. The molecule has 0 aliphatic carbocycles. The van der Waals surface area contributed by atoms with Crippen molar-refractivity contribution in [2.75, 3.05) is 6.54 Å². The molecule has 2 aromatic rings. The average Bonchev–Trinajstić information content (AvgIpc) is 3.15. The summed E-state index contributed by atoms with van der Waals surface area (Å²) in [5.74, 6) is 0.294. The number of thiophene rings is 1. The molecule has 2 heterocycles. The standard InChI is InChI=1S/C17H19NOS/c19-17(9-8-14-5-2-1-3-6-14)18-11-4-7-16(18)15-10-12-20-13-15/h1-3,5-6,10,12-13,16H,4,7-9,11H2/t16-/m0/s1. The maximum absolute atomic E-state index is 12.5. The molecular formula is C17H19NOS. The van der Waals surface area contributed by atoms with E-state index in [0.29, 0.717) is 18.4 Å². The first-order valence-corrected chi connectivity index (χ1v) is 8.14. The van der Waals surface area contributed by atoms with Gasteiger partial charge in [-0.3, -0.25) is 4.79 Å². The highest BCUT2D eigenvalue weighted by atomic mass is 32.1. The van der Waals surface area contributed by atoms with Crippen molar-refractivity contribution in [3.05, 3.63) is 58.3 Å². The van der Waals surface area contributed by atoms with Crippen LogP contribution >= 0.6 is 11.3 Å². The van der Waals surface area contributed by atoms with Crippen molar-refractivity contribution in [1.82, 2.24) is 4.90 Å². The van der Waals surface area contributed by atoms with Crippen LogP contribution < -0.4 is 0 Å². The molecule has 1 amide bonds. The maximum Gasteiger partial charge on any atom is 0.223 e. The topological polar surface area (TPSA) is 20.3 Å². The van der Waals surface area contributed by atoms with E-state index >= 15 is 0 Å². The highest BCUT2D eigenvalue weighted by Crippen LogP contribution is 2.33. The van der Waals surface area contributed by atoms with Crippen LogP contribution in [0, 0.1) is 0 Å². The fourth-order valence-electron chi connectivity index (χ4n) is 2.92. The lowest BCUT2D eigenvalue weighted by Gasteiger charge is -2.24. The van der Waals surface area contributed by atoms with Gasteiger partial charge in [-0.05, 0) is 47.2 Å². The van der Waals surface area contributed by atoms with Crippen LogP contribution in [0.4, 0.5) is 0 Å². The van der Waals surface area contributed by atoms with E-state index in [1.165, 1.54) is 11.1 Å². The van der Waals surface area contributed by atoms with E-state index in [1.807, 2.05) is 18.2 Å². The molecule has 1 fully saturated rings. The van der Waals surface area contributed by atoms with Crippen molar-refractivity contribution in [2.45, 2.75) is 31.7 Å². The Kier molecular flexibility index (Phi) is 4.16. The monoisotopic (exact) mass is 285 g/mol. The molecule has 1 aromatic carbocycles. The number of aryl methyl sites for hydroxylation is 1. The number of hydrogen-bond acceptors (Lipinski definition) is 2. The van der Waals surface area contributed by atoms with E-state index in [1.54, 1.807) is 11.3 Å². The van der Waals surface area contributed by atoms with Crippen molar-refractivity contribution in [3.8, 4) is 0 Å². The largest absolute Gasteiger partial charge is 0.336 e. The molecule has 0 saturated carbocycles. The Morgan fingerprint density at radius 1 is 1.25 bits per heavy atom. The van der Waals surface area contributed by atoms with Gasteiger partial charge in [0, 0.05) is 13.0 Å². The Bertz CT molecular complexity index is 550. The third kappa shape index (κ3) is 2.93. The minimum Gasteiger partial charge on any atom is -0.336 e. The van der Waals surface area contributed by atoms with Crippen LogP contribution in [0.2, 0.25) is 0 Å². The van der Waals surface area contributed by atoms with Crippen molar-refractivity contribution >= 4 is 17.2 Å². The number of carbonyl (C=O) groups is 1. The van der Waals surface area contributed by atoms with Gasteiger partial charge in [0.2, 0.25) is 5.91 Å². The zero-order valence-electron chi connectivity index (χ0n) is 11.5. The summed E-state index contributed by atoms with van der Waals surface area (Å²) in [6.07, 6.45) is 3.68. The van der Waals surface area contributed by atoms with Crippen molar-refractivity contribution in [2.24, 2.45) is 0 Å². The van der Waals surface area contributed by atoms with Crippen LogP contribution in [0.1, 0.15) is 36.4 Å². The minimum atomic E-state index is 0.294. The van der Waals surface area contributed by atoms with E-state index in [0.717, 1.165) is 25.8 Å². The number of hydrogen-bond donors (Lipinski definition) is 0. The van der Waals surface area contributed by atoms with Crippen LogP contribution in [0.3, 0.4) is 0 Å². The second-order valence-corrected chi connectivity index (χ2v) is 6.07. The number of nitrogens with zero attached hydrogens (tertiary/aromatic N) is 1. The zero-order valence-corrected chi connectivity index (χ0v) is 12.3. The SMILES string of the molecule is O=C(CCc1ccccc1)N1CCC[C@H]1c1ccsc1. The third-order valence-corrected chi connectivity index (χ3v) is 4.67. The van der Waals surface area contributed by atoms with Gasteiger partial charge < -0.3 is 4.90 Å². The molecule has 20 heavy (non-hydrogen) atoms. The van der Waals surface area contributed by atoms with Crippen molar-refractivity contribution in [1.29, 1.82) is 0 Å². The molecule has 3 rings (SSSR count). The summed E-state index contributed by atoms with van der Waals surface area (Å²) in [7, 11) is 0. The smallest absolute Gasteiger partial charge is 0.223 e. The Morgan fingerprint density at radius 3 is 2.85 bits per heavy atom. The number of amides is 1. The Hall–Kier alpha value is -1.61. The Balaban J connectivity index is 1.62. The van der Waals surface area contributed by atoms with E-state index in [-0.39, 0.29) is 0 Å². The first-order chi connectivity index (χ1) is 9.84. The van der Waals surface area contributed by atoms with Crippen molar-refractivity contribution < 1.29 is 4.79 Å². The normalized spacial score (nSPS) is 18.4. The number of rotatable bonds is 4. The molecule has 1 atom stereocenters. The maximum atomic E-state index is 12.5. The van der Waals surface area contributed by atoms with Gasteiger partial charge in [0.1, 0.15) is 0 Å². The molecule has 0 bridgehead atoms. The van der Waals surface area contributed by atoms with E-state index < -0.39 is 0 Å². The molecule has 0 spiro atoms. The van der Waals surface area contributed by atoms with Crippen LogP contribution in [-0.4, -0.2) is 17.4 Å². The predicted molar refractivity (Wildman–Crippen MR) is 82.8 cm³/mol. The van der Waals surface area contributed by atoms with Gasteiger partial charge in [0.15, 0.2) is 0 Å². The fourth-order valence-corrected chi connectivity index (χ4v) is 3.62. The zero-order chi connectivity index (χ0) is 13.8. The van der Waals surface area contributed by atoms with Gasteiger partial charge in [0.05, 0.1) is 6.04 Å². The molecule has 3 heteroatoms. The molecule has 1 aliphatic rings. The molecule has 2 nitrogen and oxygen atoms in total. The van der Waals surface area contributed by atoms with Crippen molar-refractivity contribution in [3.63, 3.8) is 0 Å². The first kappa shape index (κ1) is 13.4. The summed E-state index contributed by atoms with van der Waals surface area (Å²) in [6, 6.07) is 12.7. The third-order valence-electron chi connectivity index (χ3n) is 3.97. The van der Waals surface area contributed by atoms with Crippen LogP contribution in [0.15, 0.2) is 47.2 Å². The van der Waals surface area contributed by atoms with Crippen LogP contribution in [0.25, 0.3) is 0 Å². The summed E-state index contributed by atoms with van der Waals surface area (Å²) >= 11 is 1.71. The first-order valence-electron chi connectivity index (χ1n) is 7.20. The average molecular weight is 285 g/mol. The van der Waals surface area contributed by atoms with E-state index in [2.05, 4.69) is 33.9 Å². The second kappa shape index (κ2) is 6.23. The van der Waals surface area contributed by atoms with Gasteiger partial charge >= 0.3 is 0 Å². The number of likely N-dealkylation sites (tertiary alicyclic amines) is 1. The molecule has 1 aromatic heterocycles. The fraction of sp³-hybridized carbons (Fsp3) is 0.353. The predicted octanol–water partition coefficient (Wildman–Crippen LogP) is 4.04. The van der Waals surface area contributed by atoms with E-state index in [9.17, 15) is 4.79 Å². The Morgan fingerprint density at radius 2 is 2.10 bits per heavy atom. The summed E-state index contributed by atoms with van der Waals surface area (Å²) in [5, 5.41) is 4.27. The summed E-state index contributed by atoms with van der Waals surface area (Å²) in [5.41, 5.74) is 2.55. The summed E-state index contributed by atoms with van der Waals surface area (Å²) < 4.78 is 0.